The van der Waals surface area contributed by atoms with Crippen LogP contribution in [0, 0.1) is 17.4 Å². The summed E-state index contributed by atoms with van der Waals surface area (Å²) in [5.74, 6) is 1.60. The molecule has 2 atom stereocenters. The van der Waals surface area contributed by atoms with Crippen molar-refractivity contribution in [3.63, 3.8) is 0 Å². The molecule has 584 valence electrons. The molecule has 11 heteroatoms. The number of phenolic OH excluding ortho intramolecular Hbond substituents is 1. The zero-order chi connectivity index (χ0) is 80.8. The van der Waals surface area contributed by atoms with Crippen molar-refractivity contribution in [1.29, 1.82) is 5.26 Å². The number of aromatic hydroxyl groups is 1. The summed E-state index contributed by atoms with van der Waals surface area (Å²) >= 11 is 0. The number of aliphatic hydroxyl groups is 1. The van der Waals surface area contributed by atoms with Crippen LogP contribution in [0.15, 0.2) is 352 Å². The molecule has 0 spiro atoms. The molecule has 14 aromatic rings. The molecule has 3 aromatic heterocycles. The van der Waals surface area contributed by atoms with E-state index < -0.39 is 5.60 Å². The smallest absolute Gasteiger partial charge is 0.507 e. The van der Waals surface area contributed by atoms with Gasteiger partial charge in [-0.15, -0.1) is 0 Å². The van der Waals surface area contributed by atoms with Gasteiger partial charge in [0.25, 0.3) is 0 Å². The molecule has 4 heterocycles. The SMILES string of the molecule is C.C1CCOC1.CC#N.CC(C)(C)c1cccc(C(=O)c2cccc(-c3ccccn3)c2)c1OCc1ccccc1.CC(C)(C)c1cccc(C(O)(c2ccccc2)c2cccc(-c3ccccn3)c2)c1OCc1ccccc1.CC(C)(C)c1cccc(C(c2ccccc2)c2cccc(-c3ccccn3)c2)c1O.[Li+].[c-]1ccccc1. The number of para-hydroxylation sites is 3. The summed E-state index contributed by atoms with van der Waals surface area (Å²) in [6, 6.07) is 114. The van der Waals surface area contributed by atoms with Crippen LogP contribution < -0.4 is 28.3 Å². The van der Waals surface area contributed by atoms with Gasteiger partial charge in [-0.25, -0.2) is 0 Å². The summed E-state index contributed by atoms with van der Waals surface area (Å²) in [7, 11) is 0. The molecule has 2 N–H and O–H groups in total. The van der Waals surface area contributed by atoms with Crippen molar-refractivity contribution < 1.29 is 48.1 Å². The fourth-order valence-corrected chi connectivity index (χ4v) is 13.5. The van der Waals surface area contributed by atoms with Crippen LogP contribution in [0.4, 0.5) is 0 Å². The van der Waals surface area contributed by atoms with Crippen LogP contribution in [0.1, 0.15) is 173 Å². The van der Waals surface area contributed by atoms with Crippen molar-refractivity contribution >= 4 is 5.78 Å². The third kappa shape index (κ3) is 24.7. The minimum absolute atomic E-state index is 0. The first-order valence-corrected chi connectivity index (χ1v) is 38.8. The number of phenols is 1. The number of ether oxygens (including phenoxy) is 3. The second kappa shape index (κ2) is 44.0. The number of carbonyl (C=O) groups excluding carboxylic acids is 1. The van der Waals surface area contributed by atoms with E-state index in [4.69, 9.17) is 19.5 Å². The van der Waals surface area contributed by atoms with Gasteiger partial charge < -0.3 is 24.4 Å². The number of hydrogen-bond donors (Lipinski definition) is 2. The molecule has 10 nitrogen and oxygen atoms in total. The van der Waals surface area contributed by atoms with E-state index in [1.165, 1.54) is 19.8 Å². The molecule has 1 fully saturated rings. The molecule has 116 heavy (non-hydrogen) atoms. The van der Waals surface area contributed by atoms with Crippen molar-refractivity contribution in [3.8, 4) is 57.1 Å². The Balaban J connectivity index is 0.000000199. The van der Waals surface area contributed by atoms with E-state index in [0.29, 0.717) is 47.2 Å². The molecular weight excluding hydrogens is 1420 g/mol. The van der Waals surface area contributed by atoms with Gasteiger partial charge in [0.15, 0.2) is 5.78 Å². The largest absolute Gasteiger partial charge is 1.00 e. The summed E-state index contributed by atoms with van der Waals surface area (Å²) in [4.78, 5) is 27.1. The van der Waals surface area contributed by atoms with E-state index in [1.54, 1.807) is 18.5 Å². The van der Waals surface area contributed by atoms with E-state index in [-0.39, 0.29) is 54.2 Å². The summed E-state index contributed by atoms with van der Waals surface area (Å²) in [6.45, 7) is 23.5. The number of nitriles is 1. The van der Waals surface area contributed by atoms with E-state index in [0.717, 1.165) is 103 Å². The summed E-state index contributed by atoms with van der Waals surface area (Å²) in [5, 5.41) is 31.5. The van der Waals surface area contributed by atoms with Gasteiger partial charge in [0.1, 0.15) is 36.1 Å². The second-order valence-electron chi connectivity index (χ2n) is 30.7. The number of pyridine rings is 3. The first-order valence-electron chi connectivity index (χ1n) is 38.8. The number of benzene rings is 11. The molecule has 0 bridgehead atoms. The third-order valence-corrected chi connectivity index (χ3v) is 19.2. The van der Waals surface area contributed by atoms with Gasteiger partial charge in [-0.1, -0.05) is 312 Å². The molecule has 11 aromatic carbocycles. The van der Waals surface area contributed by atoms with Crippen LogP contribution in [-0.2, 0) is 39.8 Å². The Kier molecular flexibility index (Phi) is 33.9. The van der Waals surface area contributed by atoms with Crippen LogP contribution in [0.5, 0.6) is 17.2 Å². The Hall–Kier alpha value is -12.1. The molecular formula is C105H107LiN4O6. The maximum atomic E-state index is 13.6. The van der Waals surface area contributed by atoms with Crippen LogP contribution in [0.25, 0.3) is 33.8 Å². The number of rotatable bonds is 17. The molecule has 0 amide bonds. The minimum Gasteiger partial charge on any atom is -0.507 e. The second-order valence-corrected chi connectivity index (χ2v) is 30.7. The zero-order valence-corrected chi connectivity index (χ0v) is 68.1. The number of aromatic nitrogens is 3. The number of ketones is 1. The van der Waals surface area contributed by atoms with E-state index in [2.05, 4.69) is 150 Å². The van der Waals surface area contributed by atoms with Gasteiger partial charge in [0.2, 0.25) is 0 Å². The fourth-order valence-electron chi connectivity index (χ4n) is 13.5. The zero-order valence-electron chi connectivity index (χ0n) is 68.1. The first kappa shape index (κ1) is 89.5. The standard InChI is InChI=1S/C35H33NO2.C29H27NO2.C28H27NO.C6H5.C4H8O.C2H3N.CH4.Li/c1-34(2,3)30-20-13-21-31(33(30)38-25-26-14-6-4-7-15-26)35(37,28-17-8-5-9-18-28)29-19-12-16-27(24-29)32-22-10-11-23-36-32;1-29(2,3)25-16-10-15-24(28(25)32-20-21-11-5-4-6-12-21)27(31)23-14-9-13-22(19-23)26-17-7-8-18-30-26;1-28(2,3)24-16-10-15-23(27(24)30)26(20-11-5-4-6-12-20)22-14-9-13-21(19-22)25-17-7-8-18-29-25;1-2-4-6-5-3-1;1-2-4-5-3-1;1-2-3;;/h4-24,37H,25H2,1-3H3;4-19H,20H2,1-3H3;4-19,26,30H,1-3H3;1-5H;1-4H2;1H3;1H4;/q;;;-1;;;;+1. The molecule has 1 aliphatic rings. The van der Waals surface area contributed by atoms with Gasteiger partial charge in [0, 0.05) is 83.6 Å². The average Bonchev–Trinajstić information content (AvgIpc) is 0.776. The molecule has 0 radical (unpaired) electrons. The minimum atomic E-state index is -1.46. The number of carbonyl (C=O) groups is 1. The van der Waals surface area contributed by atoms with Gasteiger partial charge in [-0.05, 0) is 134 Å². The fraction of sp³-hybridized carbons (Fsp3) is 0.210. The predicted molar refractivity (Wildman–Crippen MR) is 470 cm³/mol. The van der Waals surface area contributed by atoms with Gasteiger partial charge in [-0.2, -0.15) is 41.7 Å². The molecule has 0 saturated carbocycles. The predicted octanol–water partition coefficient (Wildman–Crippen LogP) is 22.2. The molecule has 1 saturated heterocycles. The average molecular weight is 1530 g/mol. The molecule has 2 unspecified atom stereocenters. The summed E-state index contributed by atoms with van der Waals surface area (Å²) < 4.78 is 17.9. The summed E-state index contributed by atoms with van der Waals surface area (Å²) in [5.41, 5.74) is 15.4. The van der Waals surface area contributed by atoms with Gasteiger partial charge in [-0.3, -0.25) is 19.7 Å². The topological polar surface area (TPSA) is 148 Å². The van der Waals surface area contributed by atoms with Crippen LogP contribution >= 0.6 is 0 Å². The van der Waals surface area contributed by atoms with Crippen molar-refractivity contribution in [2.24, 2.45) is 0 Å². The molecule has 0 aliphatic carbocycles. The van der Waals surface area contributed by atoms with Crippen LogP contribution in [0.2, 0.25) is 0 Å². The molecule has 15 rings (SSSR count). The van der Waals surface area contributed by atoms with Crippen LogP contribution in [-0.4, -0.2) is 44.2 Å². The maximum Gasteiger partial charge on any atom is 1.00 e. The summed E-state index contributed by atoms with van der Waals surface area (Å²) in [6.07, 6.45) is 7.91. The van der Waals surface area contributed by atoms with E-state index >= 15 is 0 Å². The van der Waals surface area contributed by atoms with Crippen LogP contribution in [0.3, 0.4) is 0 Å². The van der Waals surface area contributed by atoms with Crippen molar-refractivity contribution in [1.82, 2.24) is 15.0 Å². The number of hydrogen-bond acceptors (Lipinski definition) is 10. The quantitative estimate of drug-likeness (QED) is 0.0391. The van der Waals surface area contributed by atoms with Gasteiger partial charge >= 0.3 is 18.9 Å². The van der Waals surface area contributed by atoms with Gasteiger partial charge in [0.05, 0.1) is 28.7 Å². The molecule has 1 aliphatic heterocycles. The van der Waals surface area contributed by atoms with E-state index in [1.807, 2.05) is 273 Å². The van der Waals surface area contributed by atoms with Crippen molar-refractivity contribution in [2.45, 2.75) is 130 Å². The third-order valence-electron chi connectivity index (χ3n) is 19.2. The van der Waals surface area contributed by atoms with Crippen molar-refractivity contribution in [2.75, 3.05) is 13.2 Å². The Bertz CT molecular complexity index is 5270. The Morgan fingerprint density at radius 2 is 0.845 bits per heavy atom. The number of nitrogens with zero attached hydrogens (tertiary/aromatic N) is 4. The van der Waals surface area contributed by atoms with Crippen molar-refractivity contribution in [3.05, 3.63) is 431 Å². The maximum absolute atomic E-state index is 13.6. The Morgan fingerprint density at radius 1 is 0.448 bits per heavy atom. The Morgan fingerprint density at radius 3 is 1.32 bits per heavy atom. The first-order chi connectivity index (χ1) is 55.2. The Labute approximate surface area is 700 Å². The van der Waals surface area contributed by atoms with E-state index in [9.17, 15) is 15.0 Å². The normalized spacial score (nSPS) is 12.1. The monoisotopic (exact) mass is 1530 g/mol.